The zero-order chi connectivity index (χ0) is 15.6. The summed E-state index contributed by atoms with van der Waals surface area (Å²) in [6, 6.07) is 10.1. The minimum absolute atomic E-state index is 0.111. The monoisotopic (exact) mass is 328 g/mol. The van der Waals surface area contributed by atoms with Gasteiger partial charge in [0.05, 0.1) is 5.69 Å². The molecule has 0 aromatic heterocycles. The van der Waals surface area contributed by atoms with Gasteiger partial charge in [-0.2, -0.15) is 4.31 Å². The van der Waals surface area contributed by atoms with Gasteiger partial charge in [-0.05, 0) is 35.9 Å². The number of sulfonamides is 1. The average Bonchev–Trinajstić information content (AvgIpc) is 2.40. The molecule has 0 aliphatic carbocycles. The van der Waals surface area contributed by atoms with Gasteiger partial charge in [0.25, 0.3) is 0 Å². The van der Waals surface area contributed by atoms with Gasteiger partial charge < -0.3 is 5.73 Å². The molecule has 0 aliphatic heterocycles. The lowest BCUT2D eigenvalue weighted by atomic mass is 10.2. The summed E-state index contributed by atoms with van der Waals surface area (Å²) in [4.78, 5) is -0.111. The molecule has 2 aromatic rings. The molecule has 4 nitrogen and oxygen atoms in total. The predicted octanol–water partition coefficient (Wildman–Crippen LogP) is 2.88. The molecule has 0 spiro atoms. The summed E-state index contributed by atoms with van der Waals surface area (Å²) in [5.74, 6) is -0.577. The van der Waals surface area contributed by atoms with Crippen molar-refractivity contribution in [3.63, 3.8) is 0 Å². The number of hydrogen-bond donors (Lipinski definition) is 1. The van der Waals surface area contributed by atoms with Crippen LogP contribution >= 0.6 is 11.6 Å². The molecule has 0 fully saturated rings. The van der Waals surface area contributed by atoms with E-state index in [9.17, 15) is 12.8 Å². The molecular formula is C14H14ClFN2O2S. The molecule has 2 rings (SSSR count). The summed E-state index contributed by atoms with van der Waals surface area (Å²) in [7, 11) is -2.35. The van der Waals surface area contributed by atoms with E-state index in [4.69, 9.17) is 17.3 Å². The number of halogens is 2. The highest BCUT2D eigenvalue weighted by atomic mass is 35.5. The van der Waals surface area contributed by atoms with Gasteiger partial charge >= 0.3 is 0 Å². The molecule has 0 radical (unpaired) electrons. The summed E-state index contributed by atoms with van der Waals surface area (Å²) in [5, 5.41) is 0.576. The second-order valence-electron chi connectivity index (χ2n) is 4.57. The van der Waals surface area contributed by atoms with Crippen LogP contribution in [0.1, 0.15) is 5.56 Å². The molecule has 0 saturated heterocycles. The van der Waals surface area contributed by atoms with E-state index in [0.717, 1.165) is 22.0 Å². The van der Waals surface area contributed by atoms with Crippen molar-refractivity contribution in [2.45, 2.75) is 11.4 Å². The first kappa shape index (κ1) is 15.8. The zero-order valence-electron chi connectivity index (χ0n) is 11.3. The SMILES string of the molecule is CN(Cc1ccc(Cl)cc1)S(=O)(=O)c1ccc(F)cc1N. The van der Waals surface area contributed by atoms with Gasteiger partial charge in [0.2, 0.25) is 10.0 Å². The highest BCUT2D eigenvalue weighted by Crippen LogP contribution is 2.23. The zero-order valence-corrected chi connectivity index (χ0v) is 12.8. The Morgan fingerprint density at radius 3 is 2.38 bits per heavy atom. The number of nitrogen functional groups attached to an aromatic ring is 1. The molecule has 0 heterocycles. The summed E-state index contributed by atoms with van der Waals surface area (Å²) in [6.07, 6.45) is 0. The molecule has 112 valence electrons. The number of hydrogen-bond acceptors (Lipinski definition) is 3. The van der Waals surface area contributed by atoms with E-state index in [2.05, 4.69) is 0 Å². The van der Waals surface area contributed by atoms with Crippen LogP contribution in [0.15, 0.2) is 47.4 Å². The van der Waals surface area contributed by atoms with Gasteiger partial charge in [-0.25, -0.2) is 12.8 Å². The van der Waals surface area contributed by atoms with Crippen molar-refractivity contribution in [1.29, 1.82) is 0 Å². The van der Waals surface area contributed by atoms with E-state index < -0.39 is 15.8 Å². The number of anilines is 1. The Hall–Kier alpha value is -1.63. The van der Waals surface area contributed by atoms with Gasteiger partial charge in [-0.3, -0.25) is 0 Å². The van der Waals surface area contributed by atoms with E-state index in [0.29, 0.717) is 5.02 Å². The second kappa shape index (κ2) is 6.01. The average molecular weight is 329 g/mol. The number of rotatable bonds is 4. The summed E-state index contributed by atoms with van der Waals surface area (Å²) < 4.78 is 39.0. The van der Waals surface area contributed by atoms with Crippen molar-refractivity contribution in [3.05, 3.63) is 58.9 Å². The van der Waals surface area contributed by atoms with Gasteiger partial charge in [0, 0.05) is 18.6 Å². The fraction of sp³-hybridized carbons (Fsp3) is 0.143. The van der Waals surface area contributed by atoms with E-state index in [-0.39, 0.29) is 17.1 Å². The van der Waals surface area contributed by atoms with Crippen LogP contribution in [0.25, 0.3) is 0 Å². The highest BCUT2D eigenvalue weighted by molar-refractivity contribution is 7.89. The summed E-state index contributed by atoms with van der Waals surface area (Å²) in [6.45, 7) is 0.163. The van der Waals surface area contributed by atoms with Crippen molar-refractivity contribution < 1.29 is 12.8 Å². The third kappa shape index (κ3) is 3.53. The minimum Gasteiger partial charge on any atom is -0.398 e. The van der Waals surface area contributed by atoms with E-state index >= 15 is 0 Å². The predicted molar refractivity (Wildman–Crippen MR) is 80.9 cm³/mol. The lowest BCUT2D eigenvalue weighted by molar-refractivity contribution is 0.467. The molecule has 0 amide bonds. The Morgan fingerprint density at radius 2 is 1.81 bits per heavy atom. The maximum absolute atomic E-state index is 13.0. The van der Waals surface area contributed by atoms with Crippen molar-refractivity contribution in [3.8, 4) is 0 Å². The van der Waals surface area contributed by atoms with Crippen molar-refractivity contribution in [2.75, 3.05) is 12.8 Å². The minimum atomic E-state index is -3.79. The third-order valence-electron chi connectivity index (χ3n) is 2.98. The molecule has 0 atom stereocenters. The molecule has 2 N–H and O–H groups in total. The fourth-order valence-electron chi connectivity index (χ4n) is 1.85. The Bertz CT molecular complexity index is 748. The lowest BCUT2D eigenvalue weighted by Gasteiger charge is -2.18. The van der Waals surface area contributed by atoms with Crippen molar-refractivity contribution in [1.82, 2.24) is 4.31 Å². The van der Waals surface area contributed by atoms with E-state index in [1.165, 1.54) is 13.1 Å². The first-order valence-corrected chi connectivity index (χ1v) is 7.88. The first-order chi connectivity index (χ1) is 9.80. The van der Waals surface area contributed by atoms with E-state index in [1.54, 1.807) is 24.3 Å². The standard InChI is InChI=1S/C14H14ClFN2O2S/c1-18(9-10-2-4-11(15)5-3-10)21(19,20)14-7-6-12(16)8-13(14)17/h2-8H,9,17H2,1H3. The smallest absolute Gasteiger partial charge is 0.245 e. The van der Waals surface area contributed by atoms with Gasteiger partial charge in [0.1, 0.15) is 10.7 Å². The Labute approximate surface area is 128 Å². The van der Waals surface area contributed by atoms with Crippen LogP contribution in [0.2, 0.25) is 5.02 Å². The van der Waals surface area contributed by atoms with Crippen LogP contribution in [0.5, 0.6) is 0 Å². The molecule has 0 aliphatic rings. The maximum Gasteiger partial charge on any atom is 0.245 e. The summed E-state index contributed by atoms with van der Waals surface area (Å²) in [5.41, 5.74) is 6.27. The molecule has 0 unspecified atom stereocenters. The van der Waals surface area contributed by atoms with Gasteiger partial charge in [0.15, 0.2) is 0 Å². The van der Waals surface area contributed by atoms with Crippen molar-refractivity contribution in [2.24, 2.45) is 0 Å². The Morgan fingerprint density at radius 1 is 1.19 bits per heavy atom. The van der Waals surface area contributed by atoms with Crippen LogP contribution < -0.4 is 5.73 Å². The largest absolute Gasteiger partial charge is 0.398 e. The van der Waals surface area contributed by atoms with E-state index in [1.807, 2.05) is 0 Å². The van der Waals surface area contributed by atoms with Crippen LogP contribution in [0.3, 0.4) is 0 Å². The van der Waals surface area contributed by atoms with Gasteiger partial charge in [-0.15, -0.1) is 0 Å². The topological polar surface area (TPSA) is 63.4 Å². The van der Waals surface area contributed by atoms with Crippen LogP contribution in [0, 0.1) is 5.82 Å². The van der Waals surface area contributed by atoms with Crippen molar-refractivity contribution >= 4 is 27.3 Å². The first-order valence-electron chi connectivity index (χ1n) is 6.06. The van der Waals surface area contributed by atoms with Gasteiger partial charge in [-0.1, -0.05) is 23.7 Å². The maximum atomic E-state index is 13.0. The number of nitrogens with zero attached hydrogens (tertiary/aromatic N) is 1. The lowest BCUT2D eigenvalue weighted by Crippen LogP contribution is -2.27. The Kier molecular flexibility index (Phi) is 4.51. The molecule has 21 heavy (non-hydrogen) atoms. The third-order valence-corrected chi connectivity index (χ3v) is 5.11. The summed E-state index contributed by atoms with van der Waals surface area (Å²) >= 11 is 5.79. The normalized spacial score (nSPS) is 11.8. The number of benzene rings is 2. The van der Waals surface area contributed by atoms with Crippen LogP contribution in [-0.4, -0.2) is 19.8 Å². The number of nitrogens with two attached hydrogens (primary N) is 1. The fourth-order valence-corrected chi connectivity index (χ4v) is 3.23. The van der Waals surface area contributed by atoms with Crippen LogP contribution in [0.4, 0.5) is 10.1 Å². The van der Waals surface area contributed by atoms with Crippen LogP contribution in [-0.2, 0) is 16.6 Å². The quantitative estimate of drug-likeness (QED) is 0.878. The molecular weight excluding hydrogens is 315 g/mol. The second-order valence-corrected chi connectivity index (χ2v) is 7.02. The molecule has 0 saturated carbocycles. The molecule has 2 aromatic carbocycles. The highest BCUT2D eigenvalue weighted by Gasteiger charge is 2.23. The Balaban J connectivity index is 2.28. The molecule has 7 heteroatoms. The molecule has 0 bridgehead atoms.